The molecule has 0 saturated carbocycles. The van der Waals surface area contributed by atoms with Gasteiger partial charge in [0.2, 0.25) is 17.7 Å². The number of carbonyl (C=O) groups is 5. The molecule has 0 bridgehead atoms. The standard InChI is InChI=1S/C31H34F2N4O9/c32-31(33)46-20-4-1-3-19(17-20)24-18-36(11-14-45-24)26(39)9-12-43-15-16-44-13-10-34-22-6-2-5-21-27(22)30(42)37(29(21)41)23-7-8-25(38)35-28(23)40/h1-6,17,23-24,31,34H,7-16,18H2,(H,35,38,40). The lowest BCUT2D eigenvalue weighted by Crippen LogP contribution is -2.54. The zero-order valence-electron chi connectivity index (χ0n) is 24.9. The third kappa shape index (κ3) is 7.84. The highest BCUT2D eigenvalue weighted by Crippen LogP contribution is 2.32. The summed E-state index contributed by atoms with van der Waals surface area (Å²) in [4.78, 5) is 65.2. The van der Waals surface area contributed by atoms with E-state index < -0.39 is 42.4 Å². The van der Waals surface area contributed by atoms with Gasteiger partial charge in [-0.1, -0.05) is 18.2 Å². The van der Waals surface area contributed by atoms with Gasteiger partial charge in [-0.05, 0) is 36.2 Å². The largest absolute Gasteiger partial charge is 0.435 e. The van der Waals surface area contributed by atoms with Crippen LogP contribution in [-0.4, -0.2) is 105 Å². The summed E-state index contributed by atoms with van der Waals surface area (Å²) in [5.41, 5.74) is 1.43. The number of nitrogens with one attached hydrogen (secondary N) is 2. The van der Waals surface area contributed by atoms with E-state index in [4.69, 9.17) is 14.2 Å². The van der Waals surface area contributed by atoms with Gasteiger partial charge in [-0.25, -0.2) is 0 Å². The molecule has 2 saturated heterocycles. The monoisotopic (exact) mass is 644 g/mol. The van der Waals surface area contributed by atoms with Crippen molar-refractivity contribution in [1.29, 1.82) is 0 Å². The second-order valence-corrected chi connectivity index (χ2v) is 10.7. The predicted molar refractivity (Wildman–Crippen MR) is 156 cm³/mol. The summed E-state index contributed by atoms with van der Waals surface area (Å²) < 4.78 is 46.4. The van der Waals surface area contributed by atoms with E-state index in [-0.39, 0.29) is 75.0 Å². The number of imide groups is 2. The molecule has 2 atom stereocenters. The molecule has 2 aromatic rings. The predicted octanol–water partition coefficient (Wildman–Crippen LogP) is 2.12. The Labute approximate surface area is 263 Å². The van der Waals surface area contributed by atoms with Crippen molar-refractivity contribution in [2.24, 2.45) is 0 Å². The van der Waals surface area contributed by atoms with Gasteiger partial charge < -0.3 is 29.2 Å². The molecule has 5 rings (SSSR count). The van der Waals surface area contributed by atoms with Gasteiger partial charge in [0.1, 0.15) is 17.9 Å². The zero-order chi connectivity index (χ0) is 32.6. The third-order valence-corrected chi connectivity index (χ3v) is 7.74. The maximum Gasteiger partial charge on any atom is 0.387 e. The van der Waals surface area contributed by atoms with Gasteiger partial charge >= 0.3 is 6.61 Å². The van der Waals surface area contributed by atoms with Gasteiger partial charge in [0.05, 0.1) is 57.1 Å². The van der Waals surface area contributed by atoms with Crippen LogP contribution in [0.5, 0.6) is 5.75 Å². The molecule has 5 amide bonds. The fraction of sp³-hybridized carbons (Fsp3) is 0.452. The van der Waals surface area contributed by atoms with Crippen LogP contribution in [0.15, 0.2) is 42.5 Å². The number of fused-ring (bicyclic) bond motifs is 1. The summed E-state index contributed by atoms with van der Waals surface area (Å²) in [6, 6.07) is 10.0. The van der Waals surface area contributed by atoms with Crippen LogP contribution in [0.2, 0.25) is 0 Å². The molecule has 3 heterocycles. The second-order valence-electron chi connectivity index (χ2n) is 10.7. The van der Waals surface area contributed by atoms with Gasteiger partial charge in [-0.15, -0.1) is 0 Å². The van der Waals surface area contributed by atoms with Crippen molar-refractivity contribution >= 4 is 35.2 Å². The number of hydrogen-bond acceptors (Lipinski definition) is 10. The topological polar surface area (TPSA) is 153 Å². The molecule has 0 aliphatic carbocycles. The lowest BCUT2D eigenvalue weighted by Gasteiger charge is -2.33. The summed E-state index contributed by atoms with van der Waals surface area (Å²) in [6.07, 6.45) is -0.178. The minimum absolute atomic E-state index is 0.0273. The summed E-state index contributed by atoms with van der Waals surface area (Å²) in [5.74, 6) is -2.36. The Kier molecular flexibility index (Phi) is 10.9. The number of halogens is 2. The number of piperidine rings is 1. The fourth-order valence-corrected chi connectivity index (χ4v) is 5.53. The first kappa shape index (κ1) is 32.9. The van der Waals surface area contributed by atoms with E-state index in [1.807, 2.05) is 0 Å². The first-order valence-electron chi connectivity index (χ1n) is 14.9. The van der Waals surface area contributed by atoms with Gasteiger partial charge in [-0.3, -0.25) is 34.2 Å². The molecule has 3 aliphatic heterocycles. The quantitative estimate of drug-likeness (QED) is 0.231. The number of morpholine rings is 1. The Morgan fingerprint density at radius 1 is 1.02 bits per heavy atom. The number of alkyl halides is 2. The summed E-state index contributed by atoms with van der Waals surface area (Å²) >= 11 is 0. The number of rotatable bonds is 14. The summed E-state index contributed by atoms with van der Waals surface area (Å²) in [6.45, 7) is -0.619. The molecule has 15 heteroatoms. The molecule has 3 aliphatic rings. The third-order valence-electron chi connectivity index (χ3n) is 7.74. The van der Waals surface area contributed by atoms with E-state index in [9.17, 15) is 32.8 Å². The van der Waals surface area contributed by atoms with Crippen molar-refractivity contribution in [3.8, 4) is 5.75 Å². The molecule has 2 N–H and O–H groups in total. The van der Waals surface area contributed by atoms with E-state index in [0.717, 1.165) is 4.90 Å². The Balaban J connectivity index is 0.984. The molecule has 0 aromatic heterocycles. The van der Waals surface area contributed by atoms with Crippen LogP contribution in [0.4, 0.5) is 14.5 Å². The molecule has 2 aromatic carbocycles. The van der Waals surface area contributed by atoms with Crippen LogP contribution >= 0.6 is 0 Å². The molecule has 2 fully saturated rings. The fourth-order valence-electron chi connectivity index (χ4n) is 5.53. The van der Waals surface area contributed by atoms with Gasteiger partial charge in [0.15, 0.2) is 0 Å². The number of nitrogens with zero attached hydrogens (tertiary/aromatic N) is 2. The van der Waals surface area contributed by atoms with Crippen LogP contribution in [0.3, 0.4) is 0 Å². The van der Waals surface area contributed by atoms with Gasteiger partial charge in [-0.2, -0.15) is 8.78 Å². The molecule has 13 nitrogen and oxygen atoms in total. The minimum atomic E-state index is -2.93. The smallest absolute Gasteiger partial charge is 0.387 e. The van der Waals surface area contributed by atoms with Crippen molar-refractivity contribution in [3.63, 3.8) is 0 Å². The Morgan fingerprint density at radius 3 is 2.59 bits per heavy atom. The average Bonchev–Trinajstić information content (AvgIpc) is 3.29. The maximum absolute atomic E-state index is 13.2. The maximum atomic E-state index is 13.2. The van der Waals surface area contributed by atoms with E-state index >= 15 is 0 Å². The second kappa shape index (κ2) is 15.2. The first-order valence-corrected chi connectivity index (χ1v) is 14.9. The van der Waals surface area contributed by atoms with Gasteiger partial charge in [0, 0.05) is 25.2 Å². The zero-order valence-corrected chi connectivity index (χ0v) is 24.9. The Morgan fingerprint density at radius 2 is 1.80 bits per heavy atom. The number of anilines is 1. The van der Waals surface area contributed by atoms with Crippen LogP contribution in [-0.2, 0) is 28.6 Å². The molecule has 46 heavy (non-hydrogen) atoms. The highest BCUT2D eigenvalue weighted by molar-refractivity contribution is 6.25. The molecular formula is C31H34F2N4O9. The van der Waals surface area contributed by atoms with Crippen molar-refractivity contribution in [3.05, 3.63) is 59.2 Å². The molecule has 0 spiro atoms. The SMILES string of the molecule is O=C1CCC(N2C(=O)c3cccc(NCCOCCOCCC(=O)N4CCOC(c5cccc(OC(F)F)c5)C4)c3C2=O)C(=O)N1. The Hall–Kier alpha value is -4.47. The lowest BCUT2D eigenvalue weighted by atomic mass is 10.0. The normalized spacial score (nSPS) is 19.8. The number of amides is 5. The molecule has 2 unspecified atom stereocenters. The van der Waals surface area contributed by atoms with Crippen molar-refractivity contribution in [2.45, 2.75) is 38.0 Å². The lowest BCUT2D eigenvalue weighted by molar-refractivity contribution is -0.140. The van der Waals surface area contributed by atoms with E-state index in [1.165, 1.54) is 18.2 Å². The van der Waals surface area contributed by atoms with E-state index in [0.29, 0.717) is 30.9 Å². The van der Waals surface area contributed by atoms with Crippen LogP contribution < -0.4 is 15.4 Å². The van der Waals surface area contributed by atoms with Crippen molar-refractivity contribution in [2.75, 3.05) is 58.0 Å². The highest BCUT2D eigenvalue weighted by Gasteiger charge is 2.45. The summed E-state index contributed by atoms with van der Waals surface area (Å²) in [7, 11) is 0. The minimum Gasteiger partial charge on any atom is -0.435 e. The van der Waals surface area contributed by atoms with Crippen LogP contribution in [0.1, 0.15) is 51.6 Å². The Bertz CT molecular complexity index is 1470. The number of ether oxygens (including phenoxy) is 4. The highest BCUT2D eigenvalue weighted by atomic mass is 19.3. The van der Waals surface area contributed by atoms with Gasteiger partial charge in [0.25, 0.3) is 11.8 Å². The number of benzene rings is 2. The molecule has 246 valence electrons. The van der Waals surface area contributed by atoms with E-state index in [1.54, 1.807) is 29.2 Å². The molecule has 0 radical (unpaired) electrons. The first-order chi connectivity index (χ1) is 22.2. The van der Waals surface area contributed by atoms with Crippen molar-refractivity contribution < 1.29 is 51.7 Å². The summed E-state index contributed by atoms with van der Waals surface area (Å²) in [5, 5.41) is 5.27. The number of carbonyl (C=O) groups excluding carboxylic acids is 5. The molecular weight excluding hydrogens is 610 g/mol. The van der Waals surface area contributed by atoms with Crippen LogP contribution in [0, 0.1) is 0 Å². The van der Waals surface area contributed by atoms with E-state index in [2.05, 4.69) is 15.4 Å². The average molecular weight is 645 g/mol. The number of hydrogen-bond donors (Lipinski definition) is 2. The van der Waals surface area contributed by atoms with Crippen molar-refractivity contribution in [1.82, 2.24) is 15.1 Å². The van der Waals surface area contributed by atoms with Crippen LogP contribution in [0.25, 0.3) is 0 Å².